The molecule has 1 aromatic rings. The maximum Gasteiger partial charge on any atom is 0.127 e. The number of halogens is 1. The number of nitrogens with zero attached hydrogens (tertiary/aromatic N) is 1. The van der Waals surface area contributed by atoms with E-state index in [1.54, 1.807) is 0 Å². The maximum atomic E-state index is 5.73. The van der Waals surface area contributed by atoms with Crippen molar-refractivity contribution in [2.75, 3.05) is 26.2 Å². The molecule has 0 aromatic heterocycles. The van der Waals surface area contributed by atoms with Crippen LogP contribution in [-0.2, 0) is 13.0 Å². The Bertz CT molecular complexity index is 395. The van der Waals surface area contributed by atoms with Crippen molar-refractivity contribution in [3.63, 3.8) is 0 Å². The molecule has 94 valence electrons. The molecule has 0 saturated heterocycles. The van der Waals surface area contributed by atoms with Gasteiger partial charge in [-0.1, -0.05) is 22.9 Å². The normalized spacial score (nSPS) is 13.9. The third-order valence-electron chi connectivity index (χ3n) is 3.11. The van der Waals surface area contributed by atoms with Crippen LogP contribution in [0.5, 0.6) is 5.75 Å². The van der Waals surface area contributed by atoms with Gasteiger partial charge in [0.2, 0.25) is 0 Å². The average Bonchev–Trinajstić information content (AvgIpc) is 2.76. The molecule has 0 amide bonds. The van der Waals surface area contributed by atoms with Gasteiger partial charge in [0.25, 0.3) is 0 Å². The molecule has 3 nitrogen and oxygen atoms in total. The molecule has 0 fully saturated rings. The molecule has 0 radical (unpaired) electrons. The molecule has 1 aromatic carbocycles. The summed E-state index contributed by atoms with van der Waals surface area (Å²) in [6.45, 7) is 6.52. The summed E-state index contributed by atoms with van der Waals surface area (Å²) in [5.41, 5.74) is 8.20. The van der Waals surface area contributed by atoms with Crippen molar-refractivity contribution in [3.05, 3.63) is 27.7 Å². The van der Waals surface area contributed by atoms with Crippen LogP contribution in [-0.4, -0.2) is 31.1 Å². The number of hydrogen-bond acceptors (Lipinski definition) is 3. The minimum atomic E-state index is 0.699. The molecular weight excluding hydrogens is 280 g/mol. The van der Waals surface area contributed by atoms with E-state index in [0.717, 1.165) is 42.9 Å². The first-order valence-corrected chi connectivity index (χ1v) is 6.90. The van der Waals surface area contributed by atoms with E-state index >= 15 is 0 Å². The second-order valence-corrected chi connectivity index (χ2v) is 5.22. The number of hydrogen-bond donors (Lipinski definition) is 1. The molecule has 0 unspecified atom stereocenters. The highest BCUT2D eigenvalue weighted by atomic mass is 79.9. The van der Waals surface area contributed by atoms with Gasteiger partial charge < -0.3 is 10.5 Å². The summed E-state index contributed by atoms with van der Waals surface area (Å²) in [5, 5.41) is 0. The van der Waals surface area contributed by atoms with Crippen LogP contribution in [0.15, 0.2) is 16.6 Å². The van der Waals surface area contributed by atoms with E-state index in [0.29, 0.717) is 6.54 Å². The monoisotopic (exact) mass is 298 g/mol. The number of likely N-dealkylation sites (N-methyl/N-ethyl adjacent to an activating group) is 1. The quantitative estimate of drug-likeness (QED) is 0.905. The molecule has 17 heavy (non-hydrogen) atoms. The lowest BCUT2D eigenvalue weighted by molar-refractivity contribution is 0.279. The summed E-state index contributed by atoms with van der Waals surface area (Å²) in [6.07, 6.45) is 1.02. The van der Waals surface area contributed by atoms with Crippen molar-refractivity contribution in [1.29, 1.82) is 0 Å². The second kappa shape index (κ2) is 5.85. The fourth-order valence-electron chi connectivity index (χ4n) is 2.24. The molecule has 4 heteroatoms. The van der Waals surface area contributed by atoms with Crippen LogP contribution in [0, 0.1) is 0 Å². The van der Waals surface area contributed by atoms with Gasteiger partial charge in [0.05, 0.1) is 6.61 Å². The summed E-state index contributed by atoms with van der Waals surface area (Å²) in [7, 11) is 0. The predicted octanol–water partition coefficient (Wildman–Crippen LogP) is 2.16. The first-order valence-electron chi connectivity index (χ1n) is 6.11. The zero-order valence-corrected chi connectivity index (χ0v) is 11.8. The van der Waals surface area contributed by atoms with Gasteiger partial charge >= 0.3 is 0 Å². The molecule has 0 atom stereocenters. The number of ether oxygens (including phenoxy) is 1. The van der Waals surface area contributed by atoms with Gasteiger partial charge in [0.15, 0.2) is 0 Å². The Morgan fingerprint density at radius 3 is 3.00 bits per heavy atom. The topological polar surface area (TPSA) is 38.5 Å². The van der Waals surface area contributed by atoms with Gasteiger partial charge in [-0.3, -0.25) is 4.90 Å². The molecular formula is C13H19BrN2O. The van der Waals surface area contributed by atoms with Crippen LogP contribution < -0.4 is 10.5 Å². The first-order chi connectivity index (χ1) is 8.24. The zero-order valence-electron chi connectivity index (χ0n) is 10.2. The average molecular weight is 299 g/mol. The maximum absolute atomic E-state index is 5.73. The second-order valence-electron chi connectivity index (χ2n) is 4.31. The standard InChI is InChI=1S/C13H19BrN2O/c1-2-16(5-4-15)9-11-8-12(14)7-10-3-6-17-13(10)11/h7-8H,2-6,9,15H2,1H3. The van der Waals surface area contributed by atoms with E-state index in [9.17, 15) is 0 Å². The highest BCUT2D eigenvalue weighted by Crippen LogP contribution is 2.33. The molecule has 0 saturated carbocycles. The zero-order chi connectivity index (χ0) is 12.3. The smallest absolute Gasteiger partial charge is 0.127 e. The van der Waals surface area contributed by atoms with Gasteiger partial charge in [-0.2, -0.15) is 0 Å². The molecule has 2 N–H and O–H groups in total. The van der Waals surface area contributed by atoms with E-state index in [1.807, 2.05) is 0 Å². The van der Waals surface area contributed by atoms with E-state index < -0.39 is 0 Å². The molecule has 2 rings (SSSR count). The Balaban J connectivity index is 2.20. The Labute approximate surface area is 111 Å². The van der Waals surface area contributed by atoms with Crippen molar-refractivity contribution < 1.29 is 4.74 Å². The van der Waals surface area contributed by atoms with E-state index in [4.69, 9.17) is 10.5 Å². The highest BCUT2D eigenvalue weighted by Gasteiger charge is 2.18. The van der Waals surface area contributed by atoms with Crippen LogP contribution in [0.3, 0.4) is 0 Å². The van der Waals surface area contributed by atoms with Crippen LogP contribution in [0.1, 0.15) is 18.1 Å². The first kappa shape index (κ1) is 12.9. The summed E-state index contributed by atoms with van der Waals surface area (Å²) in [5.74, 6) is 1.09. The lowest BCUT2D eigenvalue weighted by atomic mass is 10.1. The van der Waals surface area contributed by atoms with Gasteiger partial charge in [-0.15, -0.1) is 0 Å². The Morgan fingerprint density at radius 1 is 1.47 bits per heavy atom. The van der Waals surface area contributed by atoms with E-state index in [1.165, 1.54) is 11.1 Å². The number of benzene rings is 1. The number of rotatable bonds is 5. The van der Waals surface area contributed by atoms with Crippen LogP contribution in [0.25, 0.3) is 0 Å². The van der Waals surface area contributed by atoms with E-state index in [2.05, 4.69) is 39.9 Å². The molecule has 1 aliphatic heterocycles. The summed E-state index contributed by atoms with van der Waals surface area (Å²) >= 11 is 3.57. The predicted molar refractivity (Wildman–Crippen MR) is 73.3 cm³/mol. The Hall–Kier alpha value is -0.580. The van der Waals surface area contributed by atoms with Gasteiger partial charge in [0.1, 0.15) is 5.75 Å². The minimum absolute atomic E-state index is 0.699. The Morgan fingerprint density at radius 2 is 2.29 bits per heavy atom. The lowest BCUT2D eigenvalue weighted by Gasteiger charge is -2.21. The Kier molecular flexibility index (Phi) is 4.42. The third-order valence-corrected chi connectivity index (χ3v) is 3.57. The van der Waals surface area contributed by atoms with Crippen LogP contribution in [0.2, 0.25) is 0 Å². The van der Waals surface area contributed by atoms with Crippen molar-refractivity contribution in [3.8, 4) is 5.75 Å². The number of fused-ring (bicyclic) bond motifs is 1. The summed E-state index contributed by atoms with van der Waals surface area (Å²) in [4.78, 5) is 2.34. The van der Waals surface area contributed by atoms with Crippen molar-refractivity contribution >= 4 is 15.9 Å². The molecule has 1 aliphatic rings. The van der Waals surface area contributed by atoms with Gasteiger partial charge in [-0.25, -0.2) is 0 Å². The van der Waals surface area contributed by atoms with Crippen LogP contribution >= 0.6 is 15.9 Å². The van der Waals surface area contributed by atoms with Crippen molar-refractivity contribution in [2.24, 2.45) is 5.73 Å². The third kappa shape index (κ3) is 3.00. The number of nitrogens with two attached hydrogens (primary N) is 1. The van der Waals surface area contributed by atoms with Crippen molar-refractivity contribution in [1.82, 2.24) is 4.90 Å². The minimum Gasteiger partial charge on any atom is -0.493 e. The molecule has 0 spiro atoms. The van der Waals surface area contributed by atoms with Crippen LogP contribution in [0.4, 0.5) is 0 Å². The fraction of sp³-hybridized carbons (Fsp3) is 0.538. The summed E-state index contributed by atoms with van der Waals surface area (Å²) < 4.78 is 6.87. The largest absolute Gasteiger partial charge is 0.493 e. The lowest BCUT2D eigenvalue weighted by Crippen LogP contribution is -2.29. The van der Waals surface area contributed by atoms with E-state index in [-0.39, 0.29) is 0 Å². The molecule has 1 heterocycles. The molecule has 0 aliphatic carbocycles. The molecule has 0 bridgehead atoms. The van der Waals surface area contributed by atoms with Gasteiger partial charge in [0, 0.05) is 36.1 Å². The highest BCUT2D eigenvalue weighted by molar-refractivity contribution is 9.10. The van der Waals surface area contributed by atoms with Gasteiger partial charge in [-0.05, 0) is 24.2 Å². The SMILES string of the molecule is CCN(CCN)Cc1cc(Br)cc2c1OCC2. The van der Waals surface area contributed by atoms with Crippen molar-refractivity contribution in [2.45, 2.75) is 19.9 Å². The fourth-order valence-corrected chi connectivity index (χ4v) is 2.79. The summed E-state index contributed by atoms with van der Waals surface area (Å²) in [6, 6.07) is 4.31.